The van der Waals surface area contributed by atoms with Crippen LogP contribution in [0.3, 0.4) is 0 Å². The van der Waals surface area contributed by atoms with E-state index >= 15 is 0 Å². The van der Waals surface area contributed by atoms with Gasteiger partial charge in [0.25, 0.3) is 5.91 Å². The summed E-state index contributed by atoms with van der Waals surface area (Å²) in [5.41, 5.74) is 4.84. The zero-order valence-electron chi connectivity index (χ0n) is 48.5. The summed E-state index contributed by atoms with van der Waals surface area (Å²) in [6, 6.07) is 21.1. The highest BCUT2D eigenvalue weighted by Crippen LogP contribution is 2.35. The van der Waals surface area contributed by atoms with Gasteiger partial charge in [0, 0.05) is 31.1 Å². The molecule has 0 bridgehead atoms. The molecule has 7 N–H and O–H groups in total. The third-order valence-corrected chi connectivity index (χ3v) is 16.5. The first-order chi connectivity index (χ1) is 38.4. The second kappa shape index (κ2) is 25.1. The van der Waals surface area contributed by atoms with Crippen molar-refractivity contribution in [2.45, 2.75) is 168 Å². The third kappa shape index (κ3) is 13.8. The number of rotatable bonds is 16. The number of esters is 1. The number of nitrogens with zero attached hydrogens (tertiary/aromatic N) is 2. The highest BCUT2D eigenvalue weighted by Gasteiger charge is 2.47. The highest BCUT2D eigenvalue weighted by molar-refractivity contribution is 5.98. The molecule has 0 radical (unpaired) electrons. The molecule has 432 valence electrons. The van der Waals surface area contributed by atoms with E-state index in [-0.39, 0.29) is 78.5 Å². The van der Waals surface area contributed by atoms with E-state index in [0.717, 1.165) is 55.2 Å². The summed E-state index contributed by atoms with van der Waals surface area (Å²) in [6.45, 7) is 14.6. The van der Waals surface area contributed by atoms with Gasteiger partial charge in [-0.05, 0) is 153 Å². The maximum atomic E-state index is 14.9. The average Bonchev–Trinajstić information content (AvgIpc) is 3.92. The van der Waals surface area contributed by atoms with Gasteiger partial charge in [0.2, 0.25) is 35.4 Å². The topological polar surface area (TPSA) is 236 Å². The van der Waals surface area contributed by atoms with Crippen LogP contribution in [0.4, 0.5) is 0 Å². The van der Waals surface area contributed by atoms with Crippen molar-refractivity contribution in [3.05, 3.63) is 136 Å². The Balaban J connectivity index is 0.972. The predicted molar refractivity (Wildman–Crippen MR) is 308 cm³/mol. The molecule has 1 fully saturated rings. The fraction of sp³-hybridized carbons (Fsp3) is 0.492. The van der Waals surface area contributed by atoms with Crippen LogP contribution in [-0.2, 0) is 54.6 Å². The van der Waals surface area contributed by atoms with Crippen molar-refractivity contribution in [2.75, 3.05) is 20.6 Å². The molecule has 1 saturated heterocycles. The number of nitrogens with one attached hydrogen (secondary N) is 7. The summed E-state index contributed by atoms with van der Waals surface area (Å²) in [4.78, 5) is 116. The molecule has 18 heteroatoms. The van der Waals surface area contributed by atoms with Gasteiger partial charge in [-0.1, -0.05) is 96.1 Å². The van der Waals surface area contributed by atoms with Crippen LogP contribution in [0.2, 0.25) is 0 Å². The number of carbonyl (C=O) groups is 8. The summed E-state index contributed by atoms with van der Waals surface area (Å²) in [6.07, 6.45) is 5.43. The van der Waals surface area contributed by atoms with Crippen molar-refractivity contribution >= 4 is 47.3 Å². The van der Waals surface area contributed by atoms with Crippen LogP contribution < -0.4 is 42.0 Å². The van der Waals surface area contributed by atoms with Gasteiger partial charge in [0.15, 0.2) is 0 Å². The van der Waals surface area contributed by atoms with E-state index in [1.165, 1.54) is 45.2 Å². The van der Waals surface area contributed by atoms with E-state index in [1.54, 1.807) is 46.1 Å². The second-order valence-electron chi connectivity index (χ2n) is 24.4. The molecule has 2 aliphatic carbocycles. The predicted octanol–water partition coefficient (Wildman–Crippen LogP) is 5.52. The van der Waals surface area contributed by atoms with Gasteiger partial charge >= 0.3 is 5.97 Å². The number of likely N-dealkylation sites (tertiary alicyclic amines) is 1. The van der Waals surface area contributed by atoms with E-state index in [1.807, 2.05) is 77.9 Å². The Hall–Kier alpha value is -7.44. The van der Waals surface area contributed by atoms with Crippen molar-refractivity contribution in [2.24, 2.45) is 10.8 Å². The molecule has 9 atom stereocenters. The lowest BCUT2D eigenvalue weighted by Crippen LogP contribution is -2.62. The normalized spacial score (nSPS) is 21.1. The minimum absolute atomic E-state index is 0.00377. The Labute approximate surface area is 476 Å². The lowest BCUT2D eigenvalue weighted by Gasteiger charge is -2.41. The van der Waals surface area contributed by atoms with Gasteiger partial charge in [0.1, 0.15) is 29.9 Å². The maximum absolute atomic E-state index is 14.9. The molecular weight excluding hydrogens is 1030 g/mol. The molecule has 4 aromatic carbocycles. The van der Waals surface area contributed by atoms with E-state index in [4.69, 9.17) is 4.74 Å². The highest BCUT2D eigenvalue weighted by atomic mass is 16.5. The minimum atomic E-state index is -0.983. The van der Waals surface area contributed by atoms with Gasteiger partial charge in [-0.2, -0.15) is 0 Å². The van der Waals surface area contributed by atoms with Gasteiger partial charge in [-0.3, -0.25) is 33.6 Å². The average molecular weight is 1110 g/mol. The molecule has 4 aliphatic rings. The fourth-order valence-electron chi connectivity index (χ4n) is 11.5. The van der Waals surface area contributed by atoms with Crippen molar-refractivity contribution in [1.82, 2.24) is 47.0 Å². The van der Waals surface area contributed by atoms with Crippen LogP contribution in [-0.4, -0.2) is 120 Å². The first-order valence-electron chi connectivity index (χ1n) is 28.5. The van der Waals surface area contributed by atoms with E-state index in [2.05, 4.69) is 49.4 Å². The second-order valence-corrected chi connectivity index (χ2v) is 24.4. The van der Waals surface area contributed by atoms with E-state index in [9.17, 15) is 38.4 Å². The Bertz CT molecular complexity index is 3020. The number of aryl methyl sites for hydroxylation is 2. The number of hydrogen-bond donors (Lipinski definition) is 7. The van der Waals surface area contributed by atoms with Crippen molar-refractivity contribution in [3.63, 3.8) is 0 Å². The smallest absolute Gasteiger partial charge is 0.343 e. The summed E-state index contributed by atoms with van der Waals surface area (Å²) in [5, 5.41) is 21.2. The van der Waals surface area contributed by atoms with Crippen LogP contribution >= 0.6 is 0 Å². The van der Waals surface area contributed by atoms with Gasteiger partial charge < -0.3 is 51.8 Å². The van der Waals surface area contributed by atoms with Crippen LogP contribution in [0.15, 0.2) is 91.0 Å². The number of benzene rings is 4. The molecule has 81 heavy (non-hydrogen) atoms. The van der Waals surface area contributed by atoms with Crippen molar-refractivity contribution in [3.8, 4) is 5.75 Å². The molecule has 4 aromatic rings. The fourth-order valence-corrected chi connectivity index (χ4v) is 11.5. The Morgan fingerprint density at radius 2 is 1.06 bits per heavy atom. The summed E-state index contributed by atoms with van der Waals surface area (Å²) in [5.74, 6) is -3.20. The Kier molecular flexibility index (Phi) is 18.5. The number of amides is 7. The lowest BCUT2D eigenvalue weighted by atomic mass is 9.83. The van der Waals surface area contributed by atoms with Crippen LogP contribution in [0.1, 0.15) is 154 Å². The molecule has 0 saturated carbocycles. The molecule has 1 unspecified atom stereocenters. The molecule has 8 rings (SSSR count). The first-order valence-corrected chi connectivity index (χ1v) is 28.5. The van der Waals surface area contributed by atoms with Crippen molar-refractivity contribution in [1.29, 1.82) is 0 Å². The van der Waals surface area contributed by atoms with Crippen LogP contribution in [0.5, 0.6) is 5.75 Å². The lowest BCUT2D eigenvalue weighted by molar-refractivity contribution is -0.147. The molecule has 0 aromatic heterocycles. The molecule has 0 spiro atoms. The SMILES string of the molecule is CN[C@@H](C)C(=O)NC(C(=O)N1Cc2cc(OC(=O)c3ccc(C(=O)N[C@H]4C[C@@H](C(=O)N[C@@H]5CCCc6ccccc65)N(C(=O)[C@@H](NC(=O)[C@H](C)NC)C(C)(C)C)C4)cc3)ccc2C[C@H]1C(=O)N[C@@H]1CCCc2ccccc21)C(C)(C)C. The number of ether oxygens (including phenoxy) is 1. The van der Waals surface area contributed by atoms with Crippen molar-refractivity contribution < 1.29 is 43.1 Å². The van der Waals surface area contributed by atoms with E-state index < -0.39 is 76.8 Å². The molecule has 18 nitrogen and oxygen atoms in total. The molecule has 2 aliphatic heterocycles. The molecular formula is C63H81N9O9. The van der Waals surface area contributed by atoms with Crippen LogP contribution in [0.25, 0.3) is 0 Å². The molecule has 7 amide bonds. The summed E-state index contributed by atoms with van der Waals surface area (Å²) < 4.78 is 5.91. The third-order valence-electron chi connectivity index (χ3n) is 16.5. The minimum Gasteiger partial charge on any atom is -0.423 e. The maximum Gasteiger partial charge on any atom is 0.343 e. The molecule has 2 heterocycles. The Morgan fingerprint density at radius 3 is 1.58 bits per heavy atom. The van der Waals surface area contributed by atoms with Gasteiger partial charge in [0.05, 0.1) is 29.7 Å². The summed E-state index contributed by atoms with van der Waals surface area (Å²) in [7, 11) is 3.32. The zero-order valence-corrected chi connectivity index (χ0v) is 48.5. The number of hydrogen-bond acceptors (Lipinski definition) is 11. The van der Waals surface area contributed by atoms with Gasteiger partial charge in [-0.25, -0.2) is 4.79 Å². The van der Waals surface area contributed by atoms with Crippen LogP contribution in [0, 0.1) is 10.8 Å². The number of likely N-dealkylation sites (N-methyl/N-ethyl adjacent to an activating group) is 2. The monoisotopic (exact) mass is 1110 g/mol. The first kappa shape index (κ1) is 59.7. The zero-order chi connectivity index (χ0) is 58.5. The van der Waals surface area contributed by atoms with Gasteiger partial charge in [-0.15, -0.1) is 0 Å². The summed E-state index contributed by atoms with van der Waals surface area (Å²) >= 11 is 0. The van der Waals surface area contributed by atoms with E-state index in [0.29, 0.717) is 5.56 Å². The standard InChI is InChI=1S/C63H81N9O9/c1-36(64-9)54(73)69-52(62(3,4)5)59(78)71-34-43-31-45(30-29-42(43)32-50(71)57(76)67-48-23-15-19-38-17-11-13-21-46(38)48)81-61(80)41-27-25-40(26-28-41)56(75)66-44-33-51(58(77)68-49-24-16-20-39-18-12-14-22-47(39)49)72(35-44)60(79)53(63(6,7)8)70-55(74)37(2)65-10/h11-14,17-18,21-22,25-31,36-37,44,48-53,64-65H,15-16,19-20,23-24,32-35H2,1-10H3,(H,66,75)(H,67,76)(H,68,77)(H,69,73)(H,70,74)/t36-,37-,44-,48+,49+,50-,51-,52?,53+/m0/s1. The quantitative estimate of drug-likeness (QED) is 0.0545. The number of fused-ring (bicyclic) bond motifs is 3. The largest absolute Gasteiger partial charge is 0.423 e. The number of carbonyl (C=O) groups excluding carboxylic acids is 8. The Morgan fingerprint density at radius 1 is 0.568 bits per heavy atom.